The van der Waals surface area contributed by atoms with Gasteiger partial charge in [-0.3, -0.25) is 15.5 Å². The molecule has 0 atom stereocenters. The Hall–Kier alpha value is -2.07. The predicted molar refractivity (Wildman–Crippen MR) is 83.2 cm³/mol. The molecule has 0 aromatic heterocycles. The lowest BCUT2D eigenvalue weighted by Crippen LogP contribution is -2.35. The van der Waals surface area contributed by atoms with Crippen molar-refractivity contribution >= 4 is 12.0 Å². The van der Waals surface area contributed by atoms with Crippen LogP contribution >= 0.6 is 0 Å². The van der Waals surface area contributed by atoms with Crippen LogP contribution in [0.1, 0.15) is 37.5 Å². The summed E-state index contributed by atoms with van der Waals surface area (Å²) in [4.78, 5) is 14.2. The highest BCUT2D eigenvalue weighted by Crippen LogP contribution is 2.28. The zero-order valence-corrected chi connectivity index (χ0v) is 12.8. The molecule has 4 heteroatoms. The predicted octanol–water partition coefficient (Wildman–Crippen LogP) is 3.08. The van der Waals surface area contributed by atoms with Gasteiger partial charge in [0.2, 0.25) is 5.91 Å². The Morgan fingerprint density at radius 1 is 1.33 bits per heavy atom. The first-order chi connectivity index (χ1) is 9.81. The van der Waals surface area contributed by atoms with Crippen molar-refractivity contribution in [1.82, 2.24) is 10.4 Å². The summed E-state index contributed by atoms with van der Waals surface area (Å²) in [5.41, 5.74) is 5.47. The molecule has 0 bridgehead atoms. The van der Waals surface area contributed by atoms with E-state index in [1.54, 1.807) is 6.08 Å². The second kappa shape index (κ2) is 5.74. The number of carbonyl (C=O) groups excluding carboxylic acids is 1. The van der Waals surface area contributed by atoms with Gasteiger partial charge in [0.1, 0.15) is 0 Å². The Morgan fingerprint density at radius 3 is 2.62 bits per heavy atom. The van der Waals surface area contributed by atoms with Gasteiger partial charge in [-0.25, -0.2) is 0 Å². The van der Waals surface area contributed by atoms with Crippen molar-refractivity contribution in [3.05, 3.63) is 53.2 Å². The van der Waals surface area contributed by atoms with E-state index in [-0.39, 0.29) is 11.3 Å². The smallest absolute Gasteiger partial charge is 0.228 e. The largest absolute Gasteiger partial charge is 0.334 e. The normalized spacial score (nSPS) is 14.4. The van der Waals surface area contributed by atoms with Crippen LogP contribution in [-0.2, 0) is 17.9 Å². The number of amides is 1. The minimum absolute atomic E-state index is 0.175. The molecule has 1 aromatic carbocycles. The molecule has 1 aliphatic rings. The van der Waals surface area contributed by atoms with Crippen LogP contribution in [0.4, 0.5) is 0 Å². The summed E-state index contributed by atoms with van der Waals surface area (Å²) in [6.07, 6.45) is 3.58. The van der Waals surface area contributed by atoms with Gasteiger partial charge < -0.3 is 4.90 Å². The fourth-order valence-electron chi connectivity index (χ4n) is 2.37. The SMILES string of the molecule is C=C(/C=C/c1ccc2c(c1)CN(C(=O)C(C)(C)C)C2)NO. The molecule has 1 amide bonds. The summed E-state index contributed by atoms with van der Waals surface area (Å²) in [5, 5.41) is 8.69. The zero-order valence-electron chi connectivity index (χ0n) is 12.8. The Bertz CT molecular complexity index is 597. The lowest BCUT2D eigenvalue weighted by molar-refractivity contribution is -0.140. The number of hydrogen-bond acceptors (Lipinski definition) is 3. The molecule has 0 fully saturated rings. The molecule has 1 aliphatic heterocycles. The molecule has 0 saturated carbocycles. The van der Waals surface area contributed by atoms with E-state index < -0.39 is 0 Å². The second-order valence-electron chi connectivity index (χ2n) is 6.41. The summed E-state index contributed by atoms with van der Waals surface area (Å²) < 4.78 is 0. The molecule has 1 aromatic rings. The molecular formula is C17H22N2O2. The number of hydroxylamine groups is 1. The number of carbonyl (C=O) groups is 1. The lowest BCUT2D eigenvalue weighted by atomic mass is 9.95. The quantitative estimate of drug-likeness (QED) is 0.663. The summed E-state index contributed by atoms with van der Waals surface area (Å²) in [7, 11) is 0. The maximum atomic E-state index is 12.3. The van der Waals surface area contributed by atoms with Gasteiger partial charge in [-0.2, -0.15) is 0 Å². The van der Waals surface area contributed by atoms with Crippen molar-refractivity contribution in [3.8, 4) is 0 Å². The van der Waals surface area contributed by atoms with Crippen LogP contribution in [0.25, 0.3) is 6.08 Å². The maximum absolute atomic E-state index is 12.3. The van der Waals surface area contributed by atoms with Gasteiger partial charge in [0, 0.05) is 18.5 Å². The molecule has 21 heavy (non-hydrogen) atoms. The average Bonchev–Trinajstić information content (AvgIpc) is 2.85. The van der Waals surface area contributed by atoms with E-state index in [9.17, 15) is 4.79 Å². The fraction of sp³-hybridized carbons (Fsp3) is 0.353. The Morgan fingerprint density at radius 2 is 2.00 bits per heavy atom. The van der Waals surface area contributed by atoms with E-state index in [1.165, 1.54) is 11.1 Å². The summed E-state index contributed by atoms with van der Waals surface area (Å²) >= 11 is 0. The van der Waals surface area contributed by atoms with E-state index >= 15 is 0 Å². The van der Waals surface area contributed by atoms with Crippen LogP contribution in [0.15, 0.2) is 36.6 Å². The molecule has 0 spiro atoms. The average molecular weight is 286 g/mol. The van der Waals surface area contributed by atoms with Crippen LogP contribution in [0.2, 0.25) is 0 Å². The number of nitrogens with one attached hydrogen (secondary N) is 1. The Kier molecular flexibility index (Phi) is 4.19. The van der Waals surface area contributed by atoms with Crippen molar-refractivity contribution in [1.29, 1.82) is 0 Å². The minimum atomic E-state index is -0.352. The molecule has 2 rings (SSSR count). The lowest BCUT2D eigenvalue weighted by Gasteiger charge is -2.25. The first-order valence-corrected chi connectivity index (χ1v) is 6.99. The maximum Gasteiger partial charge on any atom is 0.228 e. The van der Waals surface area contributed by atoms with Crippen LogP contribution in [0.5, 0.6) is 0 Å². The molecule has 0 saturated heterocycles. The third-order valence-electron chi connectivity index (χ3n) is 3.50. The number of rotatable bonds is 3. The molecular weight excluding hydrogens is 264 g/mol. The van der Waals surface area contributed by atoms with Crippen molar-refractivity contribution in [2.45, 2.75) is 33.9 Å². The van der Waals surface area contributed by atoms with Crippen molar-refractivity contribution in [2.75, 3.05) is 0 Å². The van der Waals surface area contributed by atoms with E-state index in [1.807, 2.05) is 43.3 Å². The molecule has 0 unspecified atom stereocenters. The van der Waals surface area contributed by atoms with Gasteiger partial charge in [0.15, 0.2) is 0 Å². The van der Waals surface area contributed by atoms with E-state index in [0.717, 1.165) is 5.56 Å². The Balaban J connectivity index is 2.14. The first-order valence-electron chi connectivity index (χ1n) is 6.99. The highest BCUT2D eigenvalue weighted by atomic mass is 16.5. The van der Waals surface area contributed by atoms with Crippen LogP contribution in [-0.4, -0.2) is 16.0 Å². The standard InChI is InChI=1S/C17H22N2O2/c1-12(18-21)5-6-13-7-8-14-10-19(11-15(14)9-13)16(20)17(2,3)4/h5-9,18,21H,1,10-11H2,2-4H3/b6-5+. The van der Waals surface area contributed by atoms with Gasteiger partial charge in [-0.15, -0.1) is 0 Å². The van der Waals surface area contributed by atoms with E-state index in [2.05, 4.69) is 18.7 Å². The molecule has 0 aliphatic carbocycles. The van der Waals surface area contributed by atoms with Crippen molar-refractivity contribution in [3.63, 3.8) is 0 Å². The van der Waals surface area contributed by atoms with Crippen molar-refractivity contribution in [2.24, 2.45) is 5.41 Å². The number of fused-ring (bicyclic) bond motifs is 1. The molecule has 2 N–H and O–H groups in total. The Labute approximate surface area is 125 Å². The highest BCUT2D eigenvalue weighted by molar-refractivity contribution is 5.82. The molecule has 1 heterocycles. The third-order valence-corrected chi connectivity index (χ3v) is 3.50. The van der Waals surface area contributed by atoms with Gasteiger partial charge in [-0.1, -0.05) is 45.6 Å². The van der Waals surface area contributed by atoms with Crippen LogP contribution in [0, 0.1) is 5.41 Å². The van der Waals surface area contributed by atoms with Gasteiger partial charge in [0.25, 0.3) is 0 Å². The molecule has 112 valence electrons. The van der Waals surface area contributed by atoms with Crippen LogP contribution in [0.3, 0.4) is 0 Å². The zero-order chi connectivity index (χ0) is 15.6. The number of allylic oxidation sites excluding steroid dienone is 1. The molecule has 0 radical (unpaired) electrons. The topological polar surface area (TPSA) is 52.6 Å². The summed E-state index contributed by atoms with van der Waals surface area (Å²) in [6, 6.07) is 6.14. The van der Waals surface area contributed by atoms with Crippen molar-refractivity contribution < 1.29 is 10.0 Å². The van der Waals surface area contributed by atoms with Crippen LogP contribution < -0.4 is 5.48 Å². The fourth-order valence-corrected chi connectivity index (χ4v) is 2.37. The third kappa shape index (κ3) is 3.52. The van der Waals surface area contributed by atoms with Gasteiger partial charge >= 0.3 is 0 Å². The van der Waals surface area contributed by atoms with E-state index in [0.29, 0.717) is 18.8 Å². The summed E-state index contributed by atoms with van der Waals surface area (Å²) in [5.74, 6) is 0.175. The van der Waals surface area contributed by atoms with Gasteiger partial charge in [0.05, 0.1) is 5.70 Å². The minimum Gasteiger partial charge on any atom is -0.334 e. The first kappa shape index (κ1) is 15.3. The van der Waals surface area contributed by atoms with Gasteiger partial charge in [-0.05, 0) is 28.8 Å². The number of hydrogen-bond donors (Lipinski definition) is 2. The monoisotopic (exact) mass is 286 g/mol. The molecule has 4 nitrogen and oxygen atoms in total. The number of benzene rings is 1. The highest BCUT2D eigenvalue weighted by Gasteiger charge is 2.31. The summed E-state index contributed by atoms with van der Waals surface area (Å²) in [6.45, 7) is 10.8. The van der Waals surface area contributed by atoms with E-state index in [4.69, 9.17) is 5.21 Å². The number of nitrogens with zero attached hydrogens (tertiary/aromatic N) is 1. The second-order valence-corrected chi connectivity index (χ2v) is 6.41.